The van der Waals surface area contributed by atoms with Crippen molar-refractivity contribution in [2.45, 2.75) is 6.18 Å². The summed E-state index contributed by atoms with van der Waals surface area (Å²) in [6, 6.07) is 0.699. The van der Waals surface area contributed by atoms with E-state index in [1.165, 1.54) is 0 Å². The van der Waals surface area contributed by atoms with E-state index in [2.05, 4.69) is 0 Å². The Bertz CT molecular complexity index is 227. The zero-order valence-corrected chi connectivity index (χ0v) is 5.46. The van der Waals surface area contributed by atoms with Crippen LogP contribution in [-0.4, -0.2) is 5.11 Å². The van der Waals surface area contributed by atoms with Crippen LogP contribution in [0.3, 0.4) is 0 Å². The number of rotatable bonds is 0. The predicted octanol–water partition coefficient (Wildman–Crippen LogP) is 2.47. The van der Waals surface area contributed by atoms with E-state index in [9.17, 15) is 13.2 Å². The van der Waals surface area contributed by atoms with Crippen LogP contribution in [0.1, 0.15) is 4.88 Å². The highest BCUT2D eigenvalue weighted by atomic mass is 32.1. The number of thiophene rings is 1. The Kier molecular flexibility index (Phi) is 1.60. The SMILES string of the molecule is Oc1csc(C(F)(F)F)c1. The highest BCUT2D eigenvalue weighted by Crippen LogP contribution is 2.35. The number of alkyl halides is 3. The van der Waals surface area contributed by atoms with Crippen LogP contribution in [-0.2, 0) is 6.18 Å². The molecule has 0 saturated heterocycles. The van der Waals surface area contributed by atoms with Crippen molar-refractivity contribution >= 4 is 11.3 Å². The minimum absolute atomic E-state index is 0.336. The molecule has 5 heteroatoms. The first-order valence-corrected chi connectivity index (χ1v) is 3.23. The van der Waals surface area contributed by atoms with Gasteiger partial charge in [-0.25, -0.2) is 0 Å². The van der Waals surface area contributed by atoms with Crippen LogP contribution < -0.4 is 0 Å². The van der Waals surface area contributed by atoms with E-state index < -0.39 is 11.1 Å². The summed E-state index contributed by atoms with van der Waals surface area (Å²) in [4.78, 5) is -0.773. The van der Waals surface area contributed by atoms with E-state index >= 15 is 0 Å². The molecule has 10 heavy (non-hydrogen) atoms. The normalized spacial score (nSPS) is 11.9. The fourth-order valence-electron chi connectivity index (χ4n) is 0.475. The lowest BCUT2D eigenvalue weighted by Gasteiger charge is -1.99. The van der Waals surface area contributed by atoms with Crippen molar-refractivity contribution in [1.82, 2.24) is 0 Å². The van der Waals surface area contributed by atoms with Crippen molar-refractivity contribution in [1.29, 1.82) is 0 Å². The van der Waals surface area contributed by atoms with E-state index in [1.807, 2.05) is 0 Å². The molecule has 0 saturated carbocycles. The van der Waals surface area contributed by atoms with Gasteiger partial charge in [0.25, 0.3) is 0 Å². The fourth-order valence-corrected chi connectivity index (χ4v) is 1.11. The second-order valence-corrected chi connectivity index (χ2v) is 2.58. The molecular formula is C5H3F3OS. The van der Waals surface area contributed by atoms with Gasteiger partial charge in [-0.3, -0.25) is 0 Å². The summed E-state index contributed by atoms with van der Waals surface area (Å²) in [5, 5.41) is 9.57. The molecule has 56 valence electrons. The highest BCUT2D eigenvalue weighted by Gasteiger charge is 2.32. The van der Waals surface area contributed by atoms with Gasteiger partial charge in [0.05, 0.1) is 0 Å². The monoisotopic (exact) mass is 168 g/mol. The molecule has 0 atom stereocenters. The second kappa shape index (κ2) is 2.16. The predicted molar refractivity (Wildman–Crippen MR) is 31.0 cm³/mol. The lowest BCUT2D eigenvalue weighted by molar-refractivity contribution is -0.134. The van der Waals surface area contributed by atoms with Crippen molar-refractivity contribution in [2.24, 2.45) is 0 Å². The zero-order chi connectivity index (χ0) is 7.78. The van der Waals surface area contributed by atoms with Crippen molar-refractivity contribution in [3.05, 3.63) is 16.3 Å². The summed E-state index contributed by atoms with van der Waals surface area (Å²) >= 11 is 0.481. The molecule has 1 nitrogen and oxygen atoms in total. The van der Waals surface area contributed by atoms with E-state index in [1.54, 1.807) is 0 Å². The quantitative estimate of drug-likeness (QED) is 0.630. The van der Waals surface area contributed by atoms with Crippen molar-refractivity contribution in [3.8, 4) is 5.75 Å². The Morgan fingerprint density at radius 3 is 2.20 bits per heavy atom. The summed E-state index contributed by atoms with van der Waals surface area (Å²) < 4.78 is 35.1. The number of hydrogen-bond acceptors (Lipinski definition) is 2. The van der Waals surface area contributed by atoms with E-state index in [0.717, 1.165) is 5.38 Å². The van der Waals surface area contributed by atoms with Crippen LogP contribution in [0.4, 0.5) is 13.2 Å². The van der Waals surface area contributed by atoms with E-state index in [-0.39, 0.29) is 5.75 Å². The van der Waals surface area contributed by atoms with Gasteiger partial charge < -0.3 is 5.11 Å². The number of hydrogen-bond donors (Lipinski definition) is 1. The van der Waals surface area contributed by atoms with Gasteiger partial charge >= 0.3 is 6.18 Å². The van der Waals surface area contributed by atoms with Crippen LogP contribution in [0.5, 0.6) is 5.75 Å². The van der Waals surface area contributed by atoms with Crippen LogP contribution in [0.2, 0.25) is 0 Å². The van der Waals surface area contributed by atoms with Gasteiger partial charge in [-0.2, -0.15) is 13.2 Å². The maximum Gasteiger partial charge on any atom is 0.425 e. The standard InChI is InChI=1S/C5H3F3OS/c6-5(7,8)4-1-3(9)2-10-4/h1-2,9H. The second-order valence-electron chi connectivity index (χ2n) is 1.67. The highest BCUT2D eigenvalue weighted by molar-refractivity contribution is 7.10. The third kappa shape index (κ3) is 1.41. The maximum absolute atomic E-state index is 11.7. The third-order valence-electron chi connectivity index (χ3n) is 0.865. The zero-order valence-electron chi connectivity index (χ0n) is 4.64. The first-order chi connectivity index (χ1) is 4.50. The Labute approximate surface area is 58.7 Å². The minimum atomic E-state index is -4.33. The molecule has 0 spiro atoms. The first kappa shape index (κ1) is 7.40. The lowest BCUT2D eigenvalue weighted by Crippen LogP contribution is -2.00. The molecule has 1 aromatic rings. The van der Waals surface area contributed by atoms with Gasteiger partial charge in [0.2, 0.25) is 0 Å². The molecule has 0 aromatic carbocycles. The molecule has 1 N–H and O–H groups in total. The Morgan fingerprint density at radius 2 is 2.00 bits per heavy atom. The largest absolute Gasteiger partial charge is 0.507 e. The van der Waals surface area contributed by atoms with Gasteiger partial charge in [-0.15, -0.1) is 11.3 Å². The summed E-state index contributed by atoms with van der Waals surface area (Å²) in [6.45, 7) is 0. The minimum Gasteiger partial charge on any atom is -0.507 e. The average Bonchev–Trinajstić information content (AvgIpc) is 2.11. The van der Waals surface area contributed by atoms with Crippen LogP contribution in [0.25, 0.3) is 0 Å². The average molecular weight is 168 g/mol. The molecule has 0 unspecified atom stereocenters. The van der Waals surface area contributed by atoms with E-state index in [0.29, 0.717) is 17.4 Å². The molecule has 0 radical (unpaired) electrons. The van der Waals surface area contributed by atoms with Gasteiger partial charge in [0.1, 0.15) is 10.6 Å². The smallest absolute Gasteiger partial charge is 0.425 e. The first-order valence-electron chi connectivity index (χ1n) is 2.35. The summed E-state index contributed by atoms with van der Waals surface area (Å²) in [5.74, 6) is -0.336. The van der Waals surface area contributed by atoms with Gasteiger partial charge in [0.15, 0.2) is 0 Å². The molecule has 0 fully saturated rings. The van der Waals surface area contributed by atoms with Crippen molar-refractivity contribution in [3.63, 3.8) is 0 Å². The number of halogens is 3. The summed E-state index contributed by atoms with van der Waals surface area (Å²) in [6.07, 6.45) is -4.33. The molecule has 0 bridgehead atoms. The molecular weight excluding hydrogens is 165 g/mol. The van der Waals surface area contributed by atoms with Crippen LogP contribution >= 0.6 is 11.3 Å². The summed E-state index contributed by atoms with van der Waals surface area (Å²) in [5.41, 5.74) is 0. The molecule has 1 aromatic heterocycles. The van der Waals surface area contributed by atoms with Crippen molar-refractivity contribution in [2.75, 3.05) is 0 Å². The molecule has 0 aliphatic rings. The summed E-state index contributed by atoms with van der Waals surface area (Å²) in [7, 11) is 0. The van der Waals surface area contributed by atoms with Gasteiger partial charge in [-0.05, 0) is 0 Å². The molecule has 0 amide bonds. The Morgan fingerprint density at radius 1 is 1.40 bits per heavy atom. The molecule has 1 rings (SSSR count). The maximum atomic E-state index is 11.7. The van der Waals surface area contributed by atoms with E-state index in [4.69, 9.17) is 5.11 Å². The molecule has 1 heterocycles. The van der Waals surface area contributed by atoms with Crippen LogP contribution in [0.15, 0.2) is 11.4 Å². The van der Waals surface area contributed by atoms with Gasteiger partial charge in [-0.1, -0.05) is 0 Å². The number of aromatic hydroxyl groups is 1. The third-order valence-corrected chi connectivity index (χ3v) is 1.83. The lowest BCUT2D eigenvalue weighted by atomic mass is 10.4. The molecule has 0 aliphatic heterocycles. The van der Waals surface area contributed by atoms with Crippen LogP contribution in [0, 0.1) is 0 Å². The Hall–Kier alpha value is -0.710. The Balaban J connectivity index is 2.96. The topological polar surface area (TPSA) is 20.2 Å². The van der Waals surface area contributed by atoms with Gasteiger partial charge in [0, 0.05) is 11.4 Å². The van der Waals surface area contributed by atoms with Crippen molar-refractivity contribution < 1.29 is 18.3 Å². The molecule has 0 aliphatic carbocycles. The fraction of sp³-hybridized carbons (Fsp3) is 0.200.